The first kappa shape index (κ1) is 21.1. The van der Waals surface area contributed by atoms with Crippen LogP contribution in [-0.4, -0.2) is 70.0 Å². The number of rotatable bonds is 9. The minimum Gasteiger partial charge on any atom is -0.496 e. The third kappa shape index (κ3) is 5.70. The van der Waals surface area contributed by atoms with E-state index in [0.717, 1.165) is 16.5 Å². The van der Waals surface area contributed by atoms with Gasteiger partial charge in [-0.05, 0) is 6.07 Å². The van der Waals surface area contributed by atoms with Crippen molar-refractivity contribution in [2.75, 3.05) is 32.5 Å². The molecule has 10 heteroatoms. The number of nitrogens with one attached hydrogen (secondary N) is 2. The van der Waals surface area contributed by atoms with Crippen LogP contribution in [0.3, 0.4) is 0 Å². The Balaban J connectivity index is 1.52. The summed E-state index contributed by atoms with van der Waals surface area (Å²) < 4.78 is 7.24. The Morgan fingerprint density at radius 3 is 3.00 bits per heavy atom. The molecule has 1 aliphatic rings. The van der Waals surface area contributed by atoms with Crippen LogP contribution < -0.4 is 15.4 Å². The summed E-state index contributed by atoms with van der Waals surface area (Å²) in [6.07, 6.45) is 1.76. The van der Waals surface area contributed by atoms with Crippen molar-refractivity contribution in [3.63, 3.8) is 0 Å². The molecule has 0 spiro atoms. The molecule has 1 unspecified atom stereocenters. The lowest BCUT2D eigenvalue weighted by molar-refractivity contribution is -0.134. The Bertz CT molecular complexity index is 843. The van der Waals surface area contributed by atoms with Gasteiger partial charge in [-0.2, -0.15) is 0 Å². The van der Waals surface area contributed by atoms with Gasteiger partial charge in [0, 0.05) is 44.5 Å². The predicted octanol–water partition coefficient (Wildman–Crippen LogP) is 0.423. The normalized spacial score (nSPS) is 17.0. The smallest absolute Gasteiger partial charge is 0.237 e. The van der Waals surface area contributed by atoms with E-state index in [1.807, 2.05) is 40.8 Å². The van der Waals surface area contributed by atoms with Crippen LogP contribution in [0, 0.1) is 0 Å². The van der Waals surface area contributed by atoms with Crippen LogP contribution in [-0.2, 0) is 23.2 Å². The molecule has 1 aromatic carbocycles. The van der Waals surface area contributed by atoms with Gasteiger partial charge in [-0.3, -0.25) is 14.5 Å². The molecule has 2 heterocycles. The van der Waals surface area contributed by atoms with Crippen molar-refractivity contribution in [2.45, 2.75) is 24.2 Å². The highest BCUT2D eigenvalue weighted by molar-refractivity contribution is 7.99. The molecule has 2 N–H and O–H groups in total. The first-order chi connectivity index (χ1) is 14.1. The van der Waals surface area contributed by atoms with E-state index in [4.69, 9.17) is 4.74 Å². The number of carbonyl (C=O) groups is 2. The summed E-state index contributed by atoms with van der Waals surface area (Å²) in [6.45, 7) is 2.30. The van der Waals surface area contributed by atoms with Gasteiger partial charge in [0.15, 0.2) is 5.16 Å². The zero-order valence-electron chi connectivity index (χ0n) is 16.6. The Morgan fingerprint density at radius 2 is 2.24 bits per heavy atom. The van der Waals surface area contributed by atoms with Gasteiger partial charge in [0.25, 0.3) is 0 Å². The number of thioether (sulfide) groups is 1. The van der Waals surface area contributed by atoms with E-state index in [-0.39, 0.29) is 18.2 Å². The number of benzene rings is 1. The highest BCUT2D eigenvalue weighted by Gasteiger charge is 2.31. The van der Waals surface area contributed by atoms with Crippen LogP contribution in [0.5, 0.6) is 5.75 Å². The van der Waals surface area contributed by atoms with E-state index in [0.29, 0.717) is 31.9 Å². The molecule has 0 radical (unpaired) electrons. The Hall–Kier alpha value is -2.59. The van der Waals surface area contributed by atoms with Gasteiger partial charge in [-0.25, -0.2) is 0 Å². The number of aromatic nitrogens is 3. The highest BCUT2D eigenvalue weighted by atomic mass is 32.2. The minimum absolute atomic E-state index is 0.116. The first-order valence-corrected chi connectivity index (χ1v) is 10.4. The Kier molecular flexibility index (Phi) is 7.48. The van der Waals surface area contributed by atoms with Gasteiger partial charge in [-0.15, -0.1) is 10.2 Å². The average Bonchev–Trinajstić information content (AvgIpc) is 3.13. The fourth-order valence-electron chi connectivity index (χ4n) is 3.21. The van der Waals surface area contributed by atoms with Crippen LogP contribution in [0.1, 0.15) is 12.0 Å². The van der Waals surface area contributed by atoms with E-state index in [1.54, 1.807) is 13.4 Å². The van der Waals surface area contributed by atoms with Gasteiger partial charge < -0.3 is 19.9 Å². The number of carbonyl (C=O) groups excluding carboxylic acids is 2. The van der Waals surface area contributed by atoms with Crippen LogP contribution >= 0.6 is 11.8 Å². The number of methoxy groups -OCH3 is 1. The van der Waals surface area contributed by atoms with Crippen molar-refractivity contribution < 1.29 is 14.3 Å². The maximum absolute atomic E-state index is 12.4. The van der Waals surface area contributed by atoms with Gasteiger partial charge in [-0.1, -0.05) is 30.0 Å². The molecule has 0 bridgehead atoms. The monoisotopic (exact) mass is 418 g/mol. The molecule has 2 aromatic rings. The number of piperazine rings is 1. The number of amides is 2. The molecule has 29 heavy (non-hydrogen) atoms. The third-order valence-corrected chi connectivity index (χ3v) is 5.75. The maximum Gasteiger partial charge on any atom is 0.237 e. The van der Waals surface area contributed by atoms with Gasteiger partial charge in [0.2, 0.25) is 11.8 Å². The zero-order chi connectivity index (χ0) is 20.6. The maximum atomic E-state index is 12.4. The fourth-order valence-corrected chi connectivity index (χ4v) is 3.95. The summed E-state index contributed by atoms with van der Waals surface area (Å²) in [7, 11) is 3.50. The highest BCUT2D eigenvalue weighted by Crippen LogP contribution is 2.22. The van der Waals surface area contributed by atoms with E-state index < -0.39 is 6.04 Å². The van der Waals surface area contributed by atoms with E-state index in [9.17, 15) is 9.59 Å². The Labute approximate surface area is 174 Å². The summed E-state index contributed by atoms with van der Waals surface area (Å²) in [5, 5.41) is 14.4. The molecule has 156 valence electrons. The van der Waals surface area contributed by atoms with Crippen molar-refractivity contribution in [1.29, 1.82) is 0 Å². The van der Waals surface area contributed by atoms with Crippen LogP contribution in [0.4, 0.5) is 0 Å². The van der Waals surface area contributed by atoms with E-state index >= 15 is 0 Å². The lowest BCUT2D eigenvalue weighted by Gasteiger charge is -2.35. The van der Waals surface area contributed by atoms with E-state index in [2.05, 4.69) is 20.8 Å². The topological polar surface area (TPSA) is 101 Å². The van der Waals surface area contributed by atoms with Crippen molar-refractivity contribution in [2.24, 2.45) is 7.05 Å². The van der Waals surface area contributed by atoms with Crippen molar-refractivity contribution >= 4 is 23.6 Å². The Morgan fingerprint density at radius 1 is 1.41 bits per heavy atom. The summed E-state index contributed by atoms with van der Waals surface area (Å²) in [5.41, 5.74) is 0.996. The standard InChI is InChI=1S/C19H26N6O3S/c1-24-13-22-23-19(24)29-10-8-20-17(26)11-15-18(27)21-7-9-25(15)12-14-5-3-4-6-16(14)28-2/h3-6,13,15H,7-12H2,1-2H3,(H,20,26)(H,21,27). The number of ether oxygens (including phenoxy) is 1. The molecule has 1 atom stereocenters. The van der Waals surface area contributed by atoms with Gasteiger partial charge in [0.05, 0.1) is 19.6 Å². The molecular weight excluding hydrogens is 392 g/mol. The summed E-state index contributed by atoms with van der Waals surface area (Å²) in [6, 6.07) is 7.23. The first-order valence-electron chi connectivity index (χ1n) is 9.45. The van der Waals surface area contributed by atoms with Crippen molar-refractivity contribution in [1.82, 2.24) is 30.3 Å². The number of hydrogen-bond donors (Lipinski definition) is 2. The number of nitrogens with zero attached hydrogens (tertiary/aromatic N) is 4. The zero-order valence-corrected chi connectivity index (χ0v) is 17.4. The van der Waals surface area contributed by atoms with Crippen molar-refractivity contribution in [3.8, 4) is 5.75 Å². The van der Waals surface area contributed by atoms with Crippen LogP contribution in [0.25, 0.3) is 0 Å². The van der Waals surface area contributed by atoms with E-state index in [1.165, 1.54) is 11.8 Å². The summed E-state index contributed by atoms with van der Waals surface area (Å²) >= 11 is 1.52. The number of hydrogen-bond acceptors (Lipinski definition) is 7. The molecule has 2 amide bonds. The number of aryl methyl sites for hydroxylation is 1. The molecule has 3 rings (SSSR count). The molecule has 0 saturated carbocycles. The summed E-state index contributed by atoms with van der Waals surface area (Å²) in [4.78, 5) is 26.9. The average molecular weight is 419 g/mol. The molecule has 9 nitrogen and oxygen atoms in total. The predicted molar refractivity (Wildman–Crippen MR) is 110 cm³/mol. The second-order valence-corrected chi connectivity index (χ2v) is 7.78. The molecular formula is C19H26N6O3S. The molecule has 0 aliphatic carbocycles. The van der Waals surface area contributed by atoms with Gasteiger partial charge in [0.1, 0.15) is 12.1 Å². The van der Waals surface area contributed by atoms with Crippen molar-refractivity contribution in [3.05, 3.63) is 36.2 Å². The largest absolute Gasteiger partial charge is 0.496 e. The lowest BCUT2D eigenvalue weighted by Crippen LogP contribution is -2.56. The second kappa shape index (κ2) is 10.3. The lowest BCUT2D eigenvalue weighted by atomic mass is 10.1. The van der Waals surface area contributed by atoms with Crippen LogP contribution in [0.15, 0.2) is 35.7 Å². The van der Waals surface area contributed by atoms with Crippen LogP contribution in [0.2, 0.25) is 0 Å². The SMILES string of the molecule is COc1ccccc1CN1CCNC(=O)C1CC(=O)NCCSc1nncn1C. The molecule has 1 aliphatic heterocycles. The minimum atomic E-state index is -0.500. The quantitative estimate of drug-likeness (QED) is 0.450. The second-order valence-electron chi connectivity index (χ2n) is 6.72. The fraction of sp³-hybridized carbons (Fsp3) is 0.474. The van der Waals surface area contributed by atoms with Gasteiger partial charge >= 0.3 is 0 Å². The summed E-state index contributed by atoms with van der Waals surface area (Å²) in [5.74, 6) is 1.20. The number of para-hydroxylation sites is 1. The molecule has 1 fully saturated rings. The third-order valence-electron chi connectivity index (χ3n) is 4.71. The molecule has 1 aromatic heterocycles. The molecule has 1 saturated heterocycles.